The van der Waals surface area contributed by atoms with Crippen LogP contribution in [0.25, 0.3) is 0 Å². The Balaban J connectivity index is 3.39. The zero-order valence-electron chi connectivity index (χ0n) is 42.1. The lowest BCUT2D eigenvalue weighted by Gasteiger charge is -2.20. The fourth-order valence-corrected chi connectivity index (χ4v) is 8.33. The van der Waals surface area contributed by atoms with Gasteiger partial charge in [-0.1, -0.05) is 230 Å². The summed E-state index contributed by atoms with van der Waals surface area (Å²) in [7, 11) is 0. The summed E-state index contributed by atoms with van der Waals surface area (Å²) in [4.78, 5) is 24.4. The van der Waals surface area contributed by atoms with Crippen LogP contribution in [0.3, 0.4) is 0 Å². The minimum Gasteiger partial charge on any atom is -0.466 e. The van der Waals surface area contributed by atoms with Crippen LogP contribution in [0, 0.1) is 0 Å². The zero-order chi connectivity index (χ0) is 45.8. The van der Waals surface area contributed by atoms with E-state index >= 15 is 0 Å². The minimum absolute atomic E-state index is 0.00225. The van der Waals surface area contributed by atoms with Crippen molar-refractivity contribution >= 4 is 11.9 Å². The van der Waals surface area contributed by atoms with Crippen molar-refractivity contribution in [3.05, 3.63) is 36.5 Å². The average molecular weight is 886 g/mol. The van der Waals surface area contributed by atoms with E-state index in [1.165, 1.54) is 218 Å². The van der Waals surface area contributed by atoms with Crippen LogP contribution in [0.4, 0.5) is 0 Å². The number of esters is 1. The zero-order valence-corrected chi connectivity index (χ0v) is 42.1. The number of allylic oxidation sites excluding steroid dienone is 5. The molecule has 0 heterocycles. The number of aliphatic hydroxyl groups excluding tert-OH is 2. The number of aliphatic hydroxyl groups is 2. The van der Waals surface area contributed by atoms with Crippen LogP contribution in [0.2, 0.25) is 0 Å². The van der Waals surface area contributed by atoms with Crippen molar-refractivity contribution in [3.63, 3.8) is 0 Å². The molecule has 6 heteroatoms. The third-order valence-electron chi connectivity index (χ3n) is 12.6. The van der Waals surface area contributed by atoms with Gasteiger partial charge in [-0.15, -0.1) is 0 Å². The molecular formula is C57H107NO5. The van der Waals surface area contributed by atoms with Crippen molar-refractivity contribution in [2.75, 3.05) is 13.2 Å². The molecule has 0 aromatic carbocycles. The van der Waals surface area contributed by atoms with Crippen LogP contribution in [0.15, 0.2) is 36.5 Å². The first kappa shape index (κ1) is 61.1. The first-order chi connectivity index (χ1) is 31.0. The molecule has 0 aliphatic heterocycles. The maximum absolute atomic E-state index is 12.4. The highest BCUT2D eigenvalue weighted by atomic mass is 16.5. The predicted octanol–water partition coefficient (Wildman–Crippen LogP) is 16.9. The van der Waals surface area contributed by atoms with Gasteiger partial charge in [0.1, 0.15) is 0 Å². The van der Waals surface area contributed by atoms with Crippen LogP contribution in [0.1, 0.15) is 290 Å². The SMILES string of the molecule is CCCCC/C=C\CCCCCCCC(=O)OCCCCCCCCCCCCCC/C=C\CCCCCCCCCCCC(=O)NC(CO)C(O)/C=C/CCCCCCCCC. The highest BCUT2D eigenvalue weighted by Gasteiger charge is 2.18. The number of rotatable bonds is 51. The second-order valence-electron chi connectivity index (χ2n) is 18.9. The normalized spacial score (nSPS) is 12.9. The molecule has 2 unspecified atom stereocenters. The number of nitrogens with one attached hydrogen (secondary N) is 1. The highest BCUT2D eigenvalue weighted by molar-refractivity contribution is 5.76. The highest BCUT2D eigenvalue weighted by Crippen LogP contribution is 2.16. The fourth-order valence-electron chi connectivity index (χ4n) is 8.33. The van der Waals surface area contributed by atoms with E-state index < -0.39 is 12.1 Å². The van der Waals surface area contributed by atoms with Crippen molar-refractivity contribution in [1.82, 2.24) is 5.32 Å². The second kappa shape index (κ2) is 52.7. The summed E-state index contributed by atoms with van der Waals surface area (Å²) < 4.78 is 5.46. The van der Waals surface area contributed by atoms with E-state index in [9.17, 15) is 19.8 Å². The van der Waals surface area contributed by atoms with Crippen LogP contribution in [0.5, 0.6) is 0 Å². The van der Waals surface area contributed by atoms with Gasteiger partial charge in [0.2, 0.25) is 5.91 Å². The molecule has 0 radical (unpaired) electrons. The van der Waals surface area contributed by atoms with Gasteiger partial charge in [-0.25, -0.2) is 0 Å². The molecule has 2 atom stereocenters. The molecule has 0 bridgehead atoms. The molecule has 3 N–H and O–H groups in total. The van der Waals surface area contributed by atoms with E-state index in [4.69, 9.17) is 4.74 Å². The Morgan fingerprint density at radius 2 is 0.746 bits per heavy atom. The largest absolute Gasteiger partial charge is 0.466 e. The quantitative estimate of drug-likeness (QED) is 0.0321. The van der Waals surface area contributed by atoms with Crippen molar-refractivity contribution in [3.8, 4) is 0 Å². The molecular weight excluding hydrogens is 779 g/mol. The van der Waals surface area contributed by atoms with Gasteiger partial charge < -0.3 is 20.3 Å². The van der Waals surface area contributed by atoms with Gasteiger partial charge in [-0.05, 0) is 83.5 Å². The van der Waals surface area contributed by atoms with Crippen LogP contribution in [-0.2, 0) is 14.3 Å². The lowest BCUT2D eigenvalue weighted by atomic mass is 10.0. The van der Waals surface area contributed by atoms with Crippen molar-refractivity contribution in [2.45, 2.75) is 302 Å². The molecule has 0 aromatic heterocycles. The molecule has 0 aromatic rings. The molecule has 0 spiro atoms. The van der Waals surface area contributed by atoms with Gasteiger partial charge in [0.25, 0.3) is 0 Å². The minimum atomic E-state index is -0.844. The Bertz CT molecular complexity index is 1020. The fraction of sp³-hybridized carbons (Fsp3) is 0.860. The predicted molar refractivity (Wildman–Crippen MR) is 273 cm³/mol. The smallest absolute Gasteiger partial charge is 0.305 e. The molecule has 63 heavy (non-hydrogen) atoms. The molecule has 0 fully saturated rings. The lowest BCUT2D eigenvalue weighted by Crippen LogP contribution is -2.45. The summed E-state index contributed by atoms with van der Waals surface area (Å²) in [6, 6.07) is -0.628. The molecule has 1 amide bonds. The average Bonchev–Trinajstić information content (AvgIpc) is 3.28. The lowest BCUT2D eigenvalue weighted by molar-refractivity contribution is -0.143. The molecule has 370 valence electrons. The summed E-state index contributed by atoms with van der Waals surface area (Å²) in [6.45, 7) is 4.85. The Labute approximate surface area is 392 Å². The van der Waals surface area contributed by atoms with Crippen molar-refractivity contribution in [2.24, 2.45) is 0 Å². The summed E-state index contributed by atoms with van der Waals surface area (Å²) in [5.41, 5.74) is 0. The van der Waals surface area contributed by atoms with Gasteiger partial charge in [-0.2, -0.15) is 0 Å². The molecule has 0 aliphatic carbocycles. The van der Waals surface area contributed by atoms with Crippen LogP contribution >= 0.6 is 0 Å². The first-order valence-electron chi connectivity index (χ1n) is 27.8. The topological polar surface area (TPSA) is 95.9 Å². The molecule has 0 rings (SSSR count). The number of carbonyl (C=O) groups is 2. The summed E-state index contributed by atoms with van der Waals surface area (Å²) >= 11 is 0. The number of hydrogen-bond acceptors (Lipinski definition) is 5. The summed E-state index contributed by atoms with van der Waals surface area (Å²) in [6.07, 6.45) is 64.6. The standard InChI is InChI=1S/C57H107NO5/c1-3-5-7-9-11-13-14-31-35-39-43-47-51-57(62)63-52-48-44-40-36-32-29-27-25-23-21-19-17-15-16-18-20-22-24-26-28-30-34-38-42-46-50-56(61)58-54(53-59)55(60)49-45-41-37-33-12-10-8-6-4-2/h11,13,16,18,45,49,54-55,59-60H,3-10,12,14-15,17,19-44,46-48,50-53H2,1-2H3,(H,58,61)/b13-11-,18-16-,49-45+. The number of carbonyl (C=O) groups excluding carboxylic acids is 2. The van der Waals surface area contributed by atoms with Gasteiger partial charge in [0, 0.05) is 12.8 Å². The van der Waals surface area contributed by atoms with E-state index in [-0.39, 0.29) is 18.5 Å². The number of ether oxygens (including phenoxy) is 1. The Morgan fingerprint density at radius 3 is 1.16 bits per heavy atom. The van der Waals surface area contributed by atoms with Gasteiger partial charge in [0.05, 0.1) is 25.4 Å². The first-order valence-corrected chi connectivity index (χ1v) is 27.8. The third kappa shape index (κ3) is 49.4. The molecule has 0 aliphatic rings. The van der Waals surface area contributed by atoms with Gasteiger partial charge in [0.15, 0.2) is 0 Å². The van der Waals surface area contributed by atoms with E-state index in [1.807, 2.05) is 6.08 Å². The van der Waals surface area contributed by atoms with Crippen LogP contribution in [-0.4, -0.2) is 47.4 Å². The maximum Gasteiger partial charge on any atom is 0.305 e. The number of unbranched alkanes of at least 4 members (excludes halogenated alkanes) is 36. The molecule has 0 saturated carbocycles. The van der Waals surface area contributed by atoms with Gasteiger partial charge in [-0.3, -0.25) is 9.59 Å². The summed E-state index contributed by atoms with van der Waals surface area (Å²) in [5.74, 6) is -0.0719. The number of hydrogen-bond donors (Lipinski definition) is 3. The third-order valence-corrected chi connectivity index (χ3v) is 12.6. The Morgan fingerprint density at radius 1 is 0.429 bits per heavy atom. The monoisotopic (exact) mass is 886 g/mol. The molecule has 0 saturated heterocycles. The second-order valence-corrected chi connectivity index (χ2v) is 18.9. The van der Waals surface area contributed by atoms with E-state index in [0.29, 0.717) is 19.4 Å². The van der Waals surface area contributed by atoms with E-state index in [2.05, 4.69) is 43.5 Å². The Kier molecular flexibility index (Phi) is 51.1. The van der Waals surface area contributed by atoms with Crippen LogP contribution < -0.4 is 5.32 Å². The van der Waals surface area contributed by atoms with Crippen molar-refractivity contribution in [1.29, 1.82) is 0 Å². The number of amides is 1. The van der Waals surface area contributed by atoms with E-state index in [1.54, 1.807) is 6.08 Å². The molecule has 6 nitrogen and oxygen atoms in total. The maximum atomic E-state index is 12.4. The summed E-state index contributed by atoms with van der Waals surface area (Å²) in [5, 5.41) is 22.9. The van der Waals surface area contributed by atoms with Gasteiger partial charge >= 0.3 is 5.97 Å². The van der Waals surface area contributed by atoms with E-state index in [0.717, 1.165) is 44.9 Å². The van der Waals surface area contributed by atoms with Crippen molar-refractivity contribution < 1.29 is 24.5 Å². The Hall–Kier alpha value is -1.92.